The molecule has 1 N–H and O–H groups in total. The molecule has 26 heavy (non-hydrogen) atoms. The lowest BCUT2D eigenvalue weighted by Crippen LogP contribution is -2.41. The molecule has 2 aromatic rings. The van der Waals surface area contributed by atoms with Crippen molar-refractivity contribution in [1.82, 2.24) is 13.9 Å². The van der Waals surface area contributed by atoms with Gasteiger partial charge in [0.25, 0.3) is 5.56 Å². The fourth-order valence-electron chi connectivity index (χ4n) is 3.35. The van der Waals surface area contributed by atoms with E-state index >= 15 is 0 Å². The minimum atomic E-state index is -4.06. The number of rotatable bonds is 4. The summed E-state index contributed by atoms with van der Waals surface area (Å²) in [6, 6.07) is 5.53. The first-order chi connectivity index (χ1) is 12.2. The minimum Gasteiger partial charge on any atom is -0.302 e. The summed E-state index contributed by atoms with van der Waals surface area (Å²) in [6.45, 7) is 1.74. The van der Waals surface area contributed by atoms with Gasteiger partial charge < -0.3 is 4.57 Å². The number of hydrogen-bond donors (Lipinski definition) is 1. The van der Waals surface area contributed by atoms with Crippen LogP contribution in [0.3, 0.4) is 0 Å². The number of aromatic nitrogens is 2. The average molecular weight is 377 g/mol. The maximum Gasteiger partial charge on any atom is 0.330 e. The molecule has 140 valence electrons. The summed E-state index contributed by atoms with van der Waals surface area (Å²) >= 11 is 0. The van der Waals surface area contributed by atoms with Gasteiger partial charge in [-0.1, -0.05) is 18.2 Å². The fraction of sp³-hybridized carbons (Fsp3) is 0.444. The van der Waals surface area contributed by atoms with Crippen molar-refractivity contribution in [2.45, 2.75) is 43.5 Å². The molecular formula is C18H23N3O4S. The van der Waals surface area contributed by atoms with E-state index in [9.17, 15) is 18.0 Å². The number of nitrogens with one attached hydrogen (secondary N) is 1. The molecule has 1 aliphatic rings. The van der Waals surface area contributed by atoms with Crippen LogP contribution < -0.4 is 16.0 Å². The Hall–Kier alpha value is -2.19. The highest BCUT2D eigenvalue weighted by Gasteiger charge is 2.24. The van der Waals surface area contributed by atoms with Crippen LogP contribution in [0.5, 0.6) is 0 Å². The van der Waals surface area contributed by atoms with Gasteiger partial charge >= 0.3 is 5.69 Å². The summed E-state index contributed by atoms with van der Waals surface area (Å²) in [7, 11) is -1.39. The van der Waals surface area contributed by atoms with E-state index in [2.05, 4.69) is 10.8 Å². The molecule has 1 aliphatic carbocycles. The molecule has 0 saturated heterocycles. The molecule has 0 fully saturated rings. The highest BCUT2D eigenvalue weighted by molar-refractivity contribution is 7.89. The van der Waals surface area contributed by atoms with Crippen LogP contribution in [0, 0.1) is 0 Å². The van der Waals surface area contributed by atoms with Gasteiger partial charge in [0.15, 0.2) is 4.90 Å². The third-order valence-electron chi connectivity index (χ3n) is 4.91. The number of aryl methyl sites for hydroxylation is 3. The van der Waals surface area contributed by atoms with E-state index < -0.39 is 32.2 Å². The zero-order valence-electron chi connectivity index (χ0n) is 15.2. The normalized spacial score (nSPS) is 15.5. The first-order valence-electron chi connectivity index (χ1n) is 8.61. The summed E-state index contributed by atoms with van der Waals surface area (Å²) in [6.07, 6.45) is 5.45. The molecule has 7 nitrogen and oxygen atoms in total. The zero-order chi connectivity index (χ0) is 19.1. The van der Waals surface area contributed by atoms with Gasteiger partial charge in [0.1, 0.15) is 0 Å². The van der Waals surface area contributed by atoms with E-state index in [-0.39, 0.29) is 0 Å². The summed E-state index contributed by atoms with van der Waals surface area (Å²) in [5.41, 5.74) is 2.03. The van der Waals surface area contributed by atoms with Gasteiger partial charge in [0.2, 0.25) is 10.0 Å². The Bertz CT molecular complexity index is 1070. The molecule has 8 heteroatoms. The van der Waals surface area contributed by atoms with Crippen molar-refractivity contribution in [3.8, 4) is 0 Å². The summed E-state index contributed by atoms with van der Waals surface area (Å²) in [4.78, 5) is 23.5. The lowest BCUT2D eigenvalue weighted by Gasteiger charge is -2.20. The maximum absolute atomic E-state index is 12.7. The summed E-state index contributed by atoms with van der Waals surface area (Å²) < 4.78 is 29.8. The highest BCUT2D eigenvalue weighted by atomic mass is 32.2. The largest absolute Gasteiger partial charge is 0.330 e. The van der Waals surface area contributed by atoms with E-state index in [0.29, 0.717) is 0 Å². The van der Waals surface area contributed by atoms with Crippen molar-refractivity contribution in [2.24, 2.45) is 14.1 Å². The molecule has 1 aromatic carbocycles. The van der Waals surface area contributed by atoms with E-state index in [1.807, 2.05) is 12.1 Å². The van der Waals surface area contributed by atoms with Crippen molar-refractivity contribution >= 4 is 10.0 Å². The third-order valence-corrected chi connectivity index (χ3v) is 6.43. The molecule has 1 heterocycles. The molecule has 3 rings (SSSR count). The molecule has 1 unspecified atom stereocenters. The topological polar surface area (TPSA) is 90.2 Å². The van der Waals surface area contributed by atoms with Crippen LogP contribution in [0.1, 0.15) is 42.5 Å². The van der Waals surface area contributed by atoms with Crippen molar-refractivity contribution in [3.63, 3.8) is 0 Å². The zero-order valence-corrected chi connectivity index (χ0v) is 16.0. The van der Waals surface area contributed by atoms with Crippen molar-refractivity contribution < 1.29 is 8.42 Å². The third kappa shape index (κ3) is 3.39. The van der Waals surface area contributed by atoms with Gasteiger partial charge in [0.05, 0.1) is 0 Å². The monoisotopic (exact) mass is 377 g/mol. The molecular weight excluding hydrogens is 354 g/mol. The van der Waals surface area contributed by atoms with E-state index in [0.717, 1.165) is 40.2 Å². The molecule has 0 bridgehead atoms. The van der Waals surface area contributed by atoms with Crippen LogP contribution in [0.4, 0.5) is 0 Å². The second-order valence-corrected chi connectivity index (χ2v) is 8.51. The predicted molar refractivity (Wildman–Crippen MR) is 98.7 cm³/mol. The molecule has 0 amide bonds. The fourth-order valence-corrected chi connectivity index (χ4v) is 4.74. The van der Waals surface area contributed by atoms with Crippen LogP contribution in [0.25, 0.3) is 0 Å². The Labute approximate surface area is 152 Å². The van der Waals surface area contributed by atoms with Gasteiger partial charge in [-0.2, -0.15) is 0 Å². The Morgan fingerprint density at radius 2 is 1.73 bits per heavy atom. The van der Waals surface area contributed by atoms with Crippen molar-refractivity contribution in [1.29, 1.82) is 0 Å². The van der Waals surface area contributed by atoms with Crippen LogP contribution >= 0.6 is 0 Å². The predicted octanol–water partition coefficient (Wildman–Crippen LogP) is 1.00. The molecule has 1 aromatic heterocycles. The minimum absolute atomic E-state index is 0.438. The van der Waals surface area contributed by atoms with Crippen molar-refractivity contribution in [2.75, 3.05) is 0 Å². The van der Waals surface area contributed by atoms with E-state index in [4.69, 9.17) is 0 Å². The standard InChI is InChI=1S/C18H23N3O4S/c1-12(14-9-8-13-6-4-5-7-15(13)10-14)19-26(24,25)16-11-20(2)18(23)21(3)17(16)22/h8-12,19H,4-7H2,1-3H3. The molecule has 0 aliphatic heterocycles. The van der Waals surface area contributed by atoms with Gasteiger partial charge in [-0.25, -0.2) is 17.9 Å². The number of sulfonamides is 1. The molecule has 1 atom stereocenters. The van der Waals surface area contributed by atoms with Gasteiger partial charge in [-0.3, -0.25) is 9.36 Å². The molecule has 0 spiro atoms. The van der Waals surface area contributed by atoms with Gasteiger partial charge in [0, 0.05) is 26.3 Å². The molecule has 0 radical (unpaired) electrons. The van der Waals surface area contributed by atoms with E-state index in [1.165, 1.54) is 31.6 Å². The second-order valence-electron chi connectivity index (χ2n) is 6.83. The first kappa shape index (κ1) is 18.6. The van der Waals surface area contributed by atoms with Gasteiger partial charge in [-0.05, 0) is 49.3 Å². The Kier molecular flexibility index (Phi) is 4.90. The summed E-state index contributed by atoms with van der Waals surface area (Å²) in [5.74, 6) is 0. The average Bonchev–Trinajstić information content (AvgIpc) is 2.62. The Morgan fingerprint density at radius 3 is 2.42 bits per heavy atom. The number of nitrogens with zero attached hydrogens (tertiary/aromatic N) is 2. The summed E-state index contributed by atoms with van der Waals surface area (Å²) in [5, 5.41) is 0. The SMILES string of the molecule is CC(NS(=O)(=O)c1cn(C)c(=O)n(C)c1=O)c1ccc2c(c1)CCCC2. The van der Waals surface area contributed by atoms with Crippen LogP contribution in [-0.4, -0.2) is 17.6 Å². The smallest absolute Gasteiger partial charge is 0.302 e. The van der Waals surface area contributed by atoms with Gasteiger partial charge in [-0.15, -0.1) is 0 Å². The van der Waals surface area contributed by atoms with Crippen LogP contribution in [0.15, 0.2) is 38.9 Å². The van der Waals surface area contributed by atoms with E-state index in [1.54, 1.807) is 6.92 Å². The number of hydrogen-bond acceptors (Lipinski definition) is 4. The van der Waals surface area contributed by atoms with Crippen LogP contribution in [-0.2, 0) is 37.0 Å². The number of benzene rings is 1. The first-order valence-corrected chi connectivity index (χ1v) is 10.1. The lowest BCUT2D eigenvalue weighted by molar-refractivity contribution is 0.557. The Balaban J connectivity index is 1.93. The lowest BCUT2D eigenvalue weighted by atomic mass is 9.89. The molecule has 0 saturated carbocycles. The second kappa shape index (κ2) is 6.85. The number of fused-ring (bicyclic) bond motifs is 1. The highest BCUT2D eigenvalue weighted by Crippen LogP contribution is 2.25. The van der Waals surface area contributed by atoms with Crippen molar-refractivity contribution in [3.05, 3.63) is 61.9 Å². The van der Waals surface area contributed by atoms with Crippen LogP contribution in [0.2, 0.25) is 0 Å². The Morgan fingerprint density at radius 1 is 1.08 bits per heavy atom. The maximum atomic E-state index is 12.7. The quantitative estimate of drug-likeness (QED) is 0.861.